The molecule has 1 aliphatic heterocycles. The Morgan fingerprint density at radius 1 is 1.39 bits per heavy atom. The van der Waals surface area contributed by atoms with E-state index in [2.05, 4.69) is 25.9 Å². The van der Waals surface area contributed by atoms with E-state index >= 15 is 0 Å². The van der Waals surface area contributed by atoms with Crippen molar-refractivity contribution in [1.29, 1.82) is 0 Å². The number of nitrogens with zero attached hydrogens (tertiary/aromatic N) is 1. The molecule has 0 amide bonds. The Morgan fingerprint density at radius 3 is 2.83 bits per heavy atom. The average molecular weight is 316 g/mol. The zero-order valence-electron chi connectivity index (χ0n) is 12.1. The summed E-state index contributed by atoms with van der Waals surface area (Å²) in [5.41, 5.74) is 6.56. The van der Waals surface area contributed by atoms with E-state index in [1.807, 2.05) is 0 Å². The van der Waals surface area contributed by atoms with E-state index in [0.29, 0.717) is 24.6 Å². The molecule has 1 aromatic heterocycles. The van der Waals surface area contributed by atoms with Crippen LogP contribution in [0, 0.1) is 0 Å². The lowest BCUT2D eigenvalue weighted by Gasteiger charge is -2.27. The largest absolute Gasteiger partial charge is 0.478 e. The quantitative estimate of drug-likeness (QED) is 0.474. The highest BCUT2D eigenvalue weighted by atomic mass is 16.4. The van der Waals surface area contributed by atoms with Gasteiger partial charge in [0, 0.05) is 18.8 Å². The van der Waals surface area contributed by atoms with E-state index in [9.17, 15) is 9.59 Å². The van der Waals surface area contributed by atoms with Gasteiger partial charge in [-0.2, -0.15) is 4.98 Å². The van der Waals surface area contributed by atoms with Crippen molar-refractivity contribution < 1.29 is 9.90 Å². The molecule has 1 atom stereocenters. The lowest BCUT2D eigenvalue weighted by atomic mass is 10.2. The Morgan fingerprint density at radius 2 is 2.13 bits per heavy atom. The molecule has 120 valence electrons. The Hall–Kier alpha value is -3.23. The number of nitrogens with two attached hydrogens (primary N) is 1. The lowest BCUT2D eigenvalue weighted by molar-refractivity contribution is 0.0697. The Labute approximate surface area is 130 Å². The summed E-state index contributed by atoms with van der Waals surface area (Å²) in [7, 11) is 0. The number of aromatic amines is 1. The van der Waals surface area contributed by atoms with E-state index in [1.54, 1.807) is 12.1 Å². The fraction of sp³-hybridized carbons (Fsp3) is 0.214. The first-order chi connectivity index (χ1) is 11.0. The summed E-state index contributed by atoms with van der Waals surface area (Å²) < 4.78 is 0. The van der Waals surface area contributed by atoms with Gasteiger partial charge in [0.1, 0.15) is 5.69 Å². The number of carbonyl (C=O) groups is 1. The van der Waals surface area contributed by atoms with Crippen LogP contribution in [0.25, 0.3) is 0 Å². The third-order valence-corrected chi connectivity index (χ3v) is 3.49. The minimum Gasteiger partial charge on any atom is -0.478 e. The van der Waals surface area contributed by atoms with Crippen molar-refractivity contribution in [3.8, 4) is 0 Å². The SMILES string of the molecule is Nc1nc2c(c(=O)[nH]1)N[C@@H](CNc1ccc(C(=O)O)cc1)CN2. The van der Waals surface area contributed by atoms with Crippen molar-refractivity contribution in [3.05, 3.63) is 40.2 Å². The molecule has 0 saturated heterocycles. The summed E-state index contributed by atoms with van der Waals surface area (Å²) in [4.78, 5) is 29.1. The van der Waals surface area contributed by atoms with Gasteiger partial charge in [0.05, 0.1) is 11.6 Å². The van der Waals surface area contributed by atoms with Crippen molar-refractivity contribution in [2.45, 2.75) is 6.04 Å². The van der Waals surface area contributed by atoms with Crippen LogP contribution in [0.5, 0.6) is 0 Å². The van der Waals surface area contributed by atoms with Gasteiger partial charge in [-0.3, -0.25) is 9.78 Å². The number of hydrogen-bond donors (Lipinski definition) is 6. The predicted molar refractivity (Wildman–Crippen MR) is 87.1 cm³/mol. The molecule has 0 aliphatic carbocycles. The predicted octanol–water partition coefficient (Wildman–Crippen LogP) is 0.368. The van der Waals surface area contributed by atoms with Crippen LogP contribution in [-0.4, -0.2) is 40.2 Å². The molecule has 0 bridgehead atoms. The fourth-order valence-electron chi connectivity index (χ4n) is 2.32. The first kappa shape index (κ1) is 14.7. The number of benzene rings is 1. The number of aromatic nitrogens is 2. The van der Waals surface area contributed by atoms with Gasteiger partial charge >= 0.3 is 5.97 Å². The number of nitrogens with one attached hydrogen (secondary N) is 4. The minimum absolute atomic E-state index is 0.0341. The lowest BCUT2D eigenvalue weighted by Crippen LogP contribution is -2.41. The zero-order chi connectivity index (χ0) is 16.4. The third-order valence-electron chi connectivity index (χ3n) is 3.49. The maximum atomic E-state index is 11.9. The fourth-order valence-corrected chi connectivity index (χ4v) is 2.32. The normalized spacial score (nSPS) is 15.9. The van der Waals surface area contributed by atoms with E-state index in [1.165, 1.54) is 12.1 Å². The van der Waals surface area contributed by atoms with Crippen LogP contribution in [0.15, 0.2) is 29.1 Å². The molecule has 2 aromatic rings. The number of H-pyrrole nitrogens is 1. The number of rotatable bonds is 4. The zero-order valence-corrected chi connectivity index (χ0v) is 12.1. The summed E-state index contributed by atoms with van der Waals surface area (Å²) in [6.45, 7) is 1.12. The number of carboxylic acids is 1. The van der Waals surface area contributed by atoms with Gasteiger partial charge in [-0.25, -0.2) is 4.79 Å². The van der Waals surface area contributed by atoms with Crippen molar-refractivity contribution in [1.82, 2.24) is 9.97 Å². The van der Waals surface area contributed by atoms with Gasteiger partial charge < -0.3 is 26.8 Å². The van der Waals surface area contributed by atoms with Crippen LogP contribution in [0.4, 0.5) is 23.1 Å². The van der Waals surface area contributed by atoms with Crippen LogP contribution < -0.4 is 27.2 Å². The van der Waals surface area contributed by atoms with E-state index in [-0.39, 0.29) is 23.1 Å². The molecule has 0 spiro atoms. The maximum Gasteiger partial charge on any atom is 0.335 e. The number of hydrogen-bond acceptors (Lipinski definition) is 7. The molecule has 1 aromatic carbocycles. The number of carboxylic acid groups (broad SMARTS) is 1. The van der Waals surface area contributed by atoms with Gasteiger partial charge in [-0.05, 0) is 24.3 Å². The van der Waals surface area contributed by atoms with E-state index in [0.717, 1.165) is 5.69 Å². The molecule has 2 heterocycles. The number of fused-ring (bicyclic) bond motifs is 1. The molecule has 9 heteroatoms. The van der Waals surface area contributed by atoms with Crippen LogP contribution in [0.2, 0.25) is 0 Å². The van der Waals surface area contributed by atoms with Crippen LogP contribution in [0.1, 0.15) is 10.4 Å². The Kier molecular flexibility index (Phi) is 3.75. The molecule has 0 unspecified atom stereocenters. The number of anilines is 4. The summed E-state index contributed by atoms with van der Waals surface area (Å²) in [6.07, 6.45) is 0. The second kappa shape index (κ2) is 5.87. The smallest absolute Gasteiger partial charge is 0.335 e. The molecular weight excluding hydrogens is 300 g/mol. The van der Waals surface area contributed by atoms with Crippen LogP contribution in [0.3, 0.4) is 0 Å². The average Bonchev–Trinajstić information content (AvgIpc) is 2.53. The monoisotopic (exact) mass is 316 g/mol. The van der Waals surface area contributed by atoms with Crippen LogP contribution >= 0.6 is 0 Å². The van der Waals surface area contributed by atoms with Gasteiger partial charge in [0.25, 0.3) is 5.56 Å². The first-order valence-corrected chi connectivity index (χ1v) is 7.00. The summed E-state index contributed by atoms with van der Waals surface area (Å²) in [5, 5.41) is 18.2. The molecule has 0 radical (unpaired) electrons. The standard InChI is InChI=1S/C14H16N6O3/c15-14-19-11-10(12(21)20-14)18-9(6-17-11)5-16-8-3-1-7(2-4-8)13(22)23/h1-4,9,16,18H,5-6H2,(H,22,23)(H4,15,17,19,20,21)/t9-/m0/s1. The van der Waals surface area contributed by atoms with Gasteiger partial charge in [-0.15, -0.1) is 0 Å². The minimum atomic E-state index is -0.961. The molecule has 0 saturated carbocycles. The first-order valence-electron chi connectivity index (χ1n) is 7.00. The second-order valence-electron chi connectivity index (χ2n) is 5.16. The Bertz CT molecular complexity index is 786. The summed E-state index contributed by atoms with van der Waals surface area (Å²) >= 11 is 0. The van der Waals surface area contributed by atoms with E-state index in [4.69, 9.17) is 10.8 Å². The van der Waals surface area contributed by atoms with Crippen molar-refractivity contribution in [3.63, 3.8) is 0 Å². The molecule has 0 fully saturated rings. The topological polar surface area (TPSA) is 145 Å². The highest BCUT2D eigenvalue weighted by molar-refractivity contribution is 5.88. The maximum absolute atomic E-state index is 11.9. The molecule has 7 N–H and O–H groups in total. The van der Waals surface area contributed by atoms with Crippen molar-refractivity contribution in [2.75, 3.05) is 34.8 Å². The molecule has 23 heavy (non-hydrogen) atoms. The molecular formula is C14H16N6O3. The van der Waals surface area contributed by atoms with Gasteiger partial charge in [0.15, 0.2) is 5.82 Å². The Balaban J connectivity index is 1.64. The van der Waals surface area contributed by atoms with Gasteiger partial charge in [-0.1, -0.05) is 0 Å². The summed E-state index contributed by atoms with van der Waals surface area (Å²) in [5.74, 6) is -0.455. The molecule has 1 aliphatic rings. The second-order valence-corrected chi connectivity index (χ2v) is 5.16. The van der Waals surface area contributed by atoms with Crippen molar-refractivity contribution in [2.24, 2.45) is 0 Å². The molecule has 9 nitrogen and oxygen atoms in total. The number of aromatic carboxylic acids is 1. The highest BCUT2D eigenvalue weighted by Crippen LogP contribution is 2.20. The third kappa shape index (κ3) is 3.18. The van der Waals surface area contributed by atoms with Crippen LogP contribution in [-0.2, 0) is 0 Å². The summed E-state index contributed by atoms with van der Waals surface area (Å²) in [6, 6.07) is 6.42. The van der Waals surface area contributed by atoms with E-state index < -0.39 is 5.97 Å². The number of nitrogen functional groups attached to an aromatic ring is 1. The highest BCUT2D eigenvalue weighted by Gasteiger charge is 2.21. The molecule has 3 rings (SSSR count). The van der Waals surface area contributed by atoms with Crippen molar-refractivity contribution >= 4 is 29.1 Å². The van der Waals surface area contributed by atoms with Gasteiger partial charge in [0.2, 0.25) is 5.95 Å².